The summed E-state index contributed by atoms with van der Waals surface area (Å²) < 4.78 is 57.0. The lowest BCUT2D eigenvalue weighted by Gasteiger charge is -2.28. The third kappa shape index (κ3) is 4.87. The molecule has 0 atom stereocenters. The van der Waals surface area contributed by atoms with Crippen molar-refractivity contribution < 1.29 is 27.0 Å². The largest absolute Gasteiger partial charge is 0.497 e. The van der Waals surface area contributed by atoms with Gasteiger partial charge in [0.05, 0.1) is 26.6 Å². The summed E-state index contributed by atoms with van der Waals surface area (Å²) in [6, 6.07) is 4.46. The van der Waals surface area contributed by atoms with Crippen LogP contribution in [0.4, 0.5) is 4.39 Å². The molecule has 1 N–H and O–H groups in total. The fourth-order valence-corrected chi connectivity index (χ4v) is 4.54. The molecule has 1 fully saturated rings. The van der Waals surface area contributed by atoms with Crippen molar-refractivity contribution in [3.63, 3.8) is 0 Å². The minimum atomic E-state index is -3.75. The maximum absolute atomic E-state index is 12.8. The lowest BCUT2D eigenvalue weighted by atomic mass is 9.94. The Morgan fingerprint density at radius 1 is 1.07 bits per heavy atom. The topological polar surface area (TPSA) is 99.6 Å². The number of nitrogens with zero attached hydrogens (tertiary/aromatic N) is 2. The number of aromatic nitrogens is 2. The molecule has 0 radical (unpaired) electrons. The van der Waals surface area contributed by atoms with Gasteiger partial charge in [-0.1, -0.05) is 0 Å². The molecule has 28 heavy (non-hydrogen) atoms. The number of ether oxygens (including phenoxy) is 3. The maximum Gasteiger partial charge on any atom is 0.316 e. The van der Waals surface area contributed by atoms with Gasteiger partial charge < -0.3 is 14.2 Å². The van der Waals surface area contributed by atoms with Crippen molar-refractivity contribution in [1.82, 2.24) is 14.7 Å². The Morgan fingerprint density at radius 2 is 1.75 bits per heavy atom. The van der Waals surface area contributed by atoms with Gasteiger partial charge in [-0.25, -0.2) is 27.5 Å². The molecular weight excluding hydrogens is 389 g/mol. The number of sulfonamides is 1. The van der Waals surface area contributed by atoms with Gasteiger partial charge in [-0.15, -0.1) is 0 Å². The quantitative estimate of drug-likeness (QED) is 0.746. The molecule has 3 rings (SSSR count). The molecule has 10 heteroatoms. The Morgan fingerprint density at radius 3 is 2.36 bits per heavy atom. The monoisotopic (exact) mass is 411 g/mol. The van der Waals surface area contributed by atoms with Crippen molar-refractivity contribution in [3.05, 3.63) is 36.4 Å². The second-order valence-electron chi connectivity index (χ2n) is 6.41. The minimum absolute atomic E-state index is 0.0638. The van der Waals surface area contributed by atoms with Crippen molar-refractivity contribution in [2.24, 2.45) is 0 Å². The van der Waals surface area contributed by atoms with E-state index in [-0.39, 0.29) is 28.8 Å². The molecule has 0 bridgehead atoms. The highest BCUT2D eigenvalue weighted by atomic mass is 32.2. The summed E-state index contributed by atoms with van der Waals surface area (Å²) in [6.45, 7) is 0. The smallest absolute Gasteiger partial charge is 0.316 e. The minimum Gasteiger partial charge on any atom is -0.497 e. The number of methoxy groups -OCH3 is 2. The lowest BCUT2D eigenvalue weighted by Crippen LogP contribution is -2.39. The van der Waals surface area contributed by atoms with E-state index < -0.39 is 15.8 Å². The highest BCUT2D eigenvalue weighted by Crippen LogP contribution is 2.30. The predicted molar refractivity (Wildman–Crippen MR) is 98.5 cm³/mol. The van der Waals surface area contributed by atoms with Crippen LogP contribution in [-0.2, 0) is 10.0 Å². The number of nitrogens with one attached hydrogen (secondary N) is 1. The average Bonchev–Trinajstić information content (AvgIpc) is 2.70. The van der Waals surface area contributed by atoms with E-state index >= 15 is 0 Å². The van der Waals surface area contributed by atoms with Gasteiger partial charge in [0, 0.05) is 12.1 Å². The third-order valence-corrected chi connectivity index (χ3v) is 6.08. The molecule has 1 saturated carbocycles. The molecular formula is C18H22FN3O5S. The first-order valence-electron chi connectivity index (χ1n) is 8.80. The SMILES string of the molecule is COc1ccc(S(=O)(=O)NC2CCC(Oc3ncc(F)cn3)CC2)c(OC)c1. The maximum atomic E-state index is 12.8. The first kappa shape index (κ1) is 20.3. The van der Waals surface area contributed by atoms with E-state index in [0.29, 0.717) is 31.4 Å². The zero-order valence-electron chi connectivity index (χ0n) is 15.6. The Kier molecular flexibility index (Phi) is 6.30. The second kappa shape index (κ2) is 8.70. The van der Waals surface area contributed by atoms with Crippen LogP contribution in [0.15, 0.2) is 35.5 Å². The van der Waals surface area contributed by atoms with Crippen LogP contribution in [0, 0.1) is 5.82 Å². The molecule has 1 aliphatic carbocycles. The highest BCUT2D eigenvalue weighted by Gasteiger charge is 2.28. The van der Waals surface area contributed by atoms with Crippen LogP contribution in [0.3, 0.4) is 0 Å². The van der Waals surface area contributed by atoms with Crippen LogP contribution in [0.25, 0.3) is 0 Å². The average molecular weight is 411 g/mol. The van der Waals surface area contributed by atoms with Gasteiger partial charge in [-0.2, -0.15) is 0 Å². The molecule has 0 spiro atoms. The predicted octanol–water partition coefficient (Wildman–Crippen LogP) is 2.30. The van der Waals surface area contributed by atoms with Gasteiger partial charge in [-0.05, 0) is 37.8 Å². The highest BCUT2D eigenvalue weighted by molar-refractivity contribution is 7.89. The molecule has 1 aromatic heterocycles. The number of benzene rings is 1. The lowest BCUT2D eigenvalue weighted by molar-refractivity contribution is 0.131. The van der Waals surface area contributed by atoms with Crippen LogP contribution < -0.4 is 18.9 Å². The summed E-state index contributed by atoms with van der Waals surface area (Å²) in [5, 5.41) is 0. The van der Waals surface area contributed by atoms with E-state index in [2.05, 4.69) is 14.7 Å². The summed E-state index contributed by atoms with van der Waals surface area (Å²) in [7, 11) is -0.837. The molecule has 8 nitrogen and oxygen atoms in total. The number of hydrogen-bond donors (Lipinski definition) is 1. The summed E-state index contributed by atoms with van der Waals surface area (Å²) >= 11 is 0. The Hall–Kier alpha value is -2.46. The molecule has 152 valence electrons. The van der Waals surface area contributed by atoms with Crippen LogP contribution in [0.1, 0.15) is 25.7 Å². The molecule has 0 unspecified atom stereocenters. The summed E-state index contributed by atoms with van der Waals surface area (Å²) in [5.41, 5.74) is 0. The molecule has 1 heterocycles. The fraction of sp³-hybridized carbons (Fsp3) is 0.444. The van der Waals surface area contributed by atoms with Gasteiger partial charge in [0.1, 0.15) is 22.5 Å². The van der Waals surface area contributed by atoms with E-state index in [1.165, 1.54) is 26.4 Å². The molecule has 1 aliphatic rings. The van der Waals surface area contributed by atoms with Crippen LogP contribution in [0.2, 0.25) is 0 Å². The normalized spacial score (nSPS) is 19.8. The van der Waals surface area contributed by atoms with E-state index in [9.17, 15) is 12.8 Å². The number of hydrogen-bond acceptors (Lipinski definition) is 7. The Bertz CT molecular complexity index is 900. The number of rotatable bonds is 7. The van der Waals surface area contributed by atoms with Crippen molar-refractivity contribution >= 4 is 10.0 Å². The molecule has 2 aromatic rings. The zero-order valence-corrected chi connectivity index (χ0v) is 16.4. The van der Waals surface area contributed by atoms with Crippen molar-refractivity contribution in [2.45, 2.75) is 42.7 Å². The van der Waals surface area contributed by atoms with Gasteiger partial charge in [0.15, 0.2) is 5.82 Å². The standard InChI is InChI=1S/C18H22FN3O5S/c1-25-15-7-8-17(16(9-15)26-2)28(23,24)22-13-3-5-14(6-4-13)27-18-20-10-12(19)11-21-18/h7-11,13-14,22H,3-6H2,1-2H3. The van der Waals surface area contributed by atoms with Gasteiger partial charge in [-0.3, -0.25) is 0 Å². The summed E-state index contributed by atoms with van der Waals surface area (Å²) in [4.78, 5) is 7.62. The number of halogens is 1. The van der Waals surface area contributed by atoms with Crippen molar-refractivity contribution in [3.8, 4) is 17.5 Å². The second-order valence-corrected chi connectivity index (χ2v) is 8.10. The van der Waals surface area contributed by atoms with Crippen LogP contribution in [0.5, 0.6) is 17.5 Å². The van der Waals surface area contributed by atoms with E-state index in [1.807, 2.05) is 0 Å². The molecule has 0 saturated heterocycles. The summed E-state index contributed by atoms with van der Waals surface area (Å²) in [6.07, 6.45) is 4.42. The van der Waals surface area contributed by atoms with Crippen LogP contribution >= 0.6 is 0 Å². The first-order valence-corrected chi connectivity index (χ1v) is 10.3. The third-order valence-electron chi connectivity index (χ3n) is 4.53. The Balaban J connectivity index is 1.60. The summed E-state index contributed by atoms with van der Waals surface area (Å²) in [5.74, 6) is 0.202. The van der Waals surface area contributed by atoms with Gasteiger partial charge >= 0.3 is 6.01 Å². The van der Waals surface area contributed by atoms with Gasteiger partial charge in [0.2, 0.25) is 10.0 Å². The van der Waals surface area contributed by atoms with Crippen LogP contribution in [-0.4, -0.2) is 44.8 Å². The Labute approximate surface area is 163 Å². The van der Waals surface area contributed by atoms with Crippen molar-refractivity contribution in [1.29, 1.82) is 0 Å². The van der Waals surface area contributed by atoms with E-state index in [4.69, 9.17) is 14.2 Å². The molecule has 1 aromatic carbocycles. The van der Waals surface area contributed by atoms with Gasteiger partial charge in [0.25, 0.3) is 0 Å². The van der Waals surface area contributed by atoms with Crippen molar-refractivity contribution in [2.75, 3.05) is 14.2 Å². The first-order chi connectivity index (χ1) is 13.4. The van der Waals surface area contributed by atoms with E-state index in [1.54, 1.807) is 6.07 Å². The molecule has 0 aliphatic heterocycles. The zero-order chi connectivity index (χ0) is 20.1. The fourth-order valence-electron chi connectivity index (χ4n) is 3.09. The van der Waals surface area contributed by atoms with E-state index in [0.717, 1.165) is 12.4 Å². The molecule has 0 amide bonds.